The summed E-state index contributed by atoms with van der Waals surface area (Å²) in [6.45, 7) is 1.79. The van der Waals surface area contributed by atoms with Crippen molar-refractivity contribution in [2.24, 2.45) is 17.8 Å². The highest BCUT2D eigenvalue weighted by atomic mass is 16.7. The van der Waals surface area contributed by atoms with Crippen molar-refractivity contribution in [2.75, 3.05) is 13.2 Å². The number of rotatable bonds is 1. The summed E-state index contributed by atoms with van der Waals surface area (Å²) in [4.78, 5) is 0. The molecular formula is C12H12O2. The maximum Gasteiger partial charge on any atom is 0.198 e. The zero-order chi connectivity index (χ0) is 9.17. The first kappa shape index (κ1) is 7.43. The lowest BCUT2D eigenvalue weighted by Gasteiger charge is -2.26. The van der Waals surface area contributed by atoms with Crippen molar-refractivity contribution in [1.82, 2.24) is 0 Å². The van der Waals surface area contributed by atoms with Crippen LogP contribution in [0.5, 0.6) is 0 Å². The molecule has 0 N–H and O–H groups in total. The van der Waals surface area contributed by atoms with Crippen molar-refractivity contribution >= 4 is 0 Å². The fraction of sp³-hybridized carbons (Fsp3) is 0.500. The molecule has 0 radical (unpaired) electrons. The van der Waals surface area contributed by atoms with Crippen LogP contribution >= 0.6 is 0 Å². The van der Waals surface area contributed by atoms with E-state index in [0.29, 0.717) is 5.92 Å². The maximum atomic E-state index is 5.86. The summed E-state index contributed by atoms with van der Waals surface area (Å²) in [6.07, 6.45) is 0. The molecule has 0 spiro atoms. The van der Waals surface area contributed by atoms with E-state index in [-0.39, 0.29) is 5.79 Å². The molecule has 2 saturated heterocycles. The highest BCUT2D eigenvalue weighted by Gasteiger charge is 2.73. The predicted molar refractivity (Wildman–Crippen MR) is 50.5 cm³/mol. The van der Waals surface area contributed by atoms with Crippen molar-refractivity contribution < 1.29 is 9.47 Å². The second-order valence-electron chi connectivity index (χ2n) is 4.51. The summed E-state index contributed by atoms with van der Waals surface area (Å²) < 4.78 is 11.7. The number of hydrogen-bond acceptors (Lipinski definition) is 2. The highest BCUT2D eigenvalue weighted by Crippen LogP contribution is 2.68. The van der Waals surface area contributed by atoms with Gasteiger partial charge in [0, 0.05) is 11.5 Å². The van der Waals surface area contributed by atoms with Gasteiger partial charge in [-0.15, -0.1) is 0 Å². The molecule has 2 heterocycles. The molecule has 2 aliphatic heterocycles. The first-order valence-electron chi connectivity index (χ1n) is 5.25. The van der Waals surface area contributed by atoms with Gasteiger partial charge < -0.3 is 9.47 Å². The van der Waals surface area contributed by atoms with E-state index in [4.69, 9.17) is 9.47 Å². The van der Waals surface area contributed by atoms with Crippen LogP contribution in [0.1, 0.15) is 5.56 Å². The summed E-state index contributed by atoms with van der Waals surface area (Å²) in [5.41, 5.74) is 1.20. The molecule has 1 aromatic carbocycles. The molecule has 4 atom stereocenters. The Morgan fingerprint density at radius 3 is 2.29 bits per heavy atom. The van der Waals surface area contributed by atoms with Crippen LogP contribution in [0.25, 0.3) is 0 Å². The molecule has 2 nitrogen and oxygen atoms in total. The summed E-state index contributed by atoms with van der Waals surface area (Å²) in [7, 11) is 0. The fourth-order valence-corrected chi connectivity index (χ4v) is 3.17. The van der Waals surface area contributed by atoms with Crippen LogP contribution in [0.15, 0.2) is 30.3 Å². The Bertz CT molecular complexity index is 359. The Kier molecular flexibility index (Phi) is 1.17. The van der Waals surface area contributed by atoms with Gasteiger partial charge in [-0.25, -0.2) is 0 Å². The minimum absolute atomic E-state index is 0.364. The van der Waals surface area contributed by atoms with Crippen molar-refractivity contribution in [3.63, 3.8) is 0 Å². The monoisotopic (exact) mass is 188 g/mol. The van der Waals surface area contributed by atoms with Gasteiger partial charge in [0.1, 0.15) is 0 Å². The smallest absolute Gasteiger partial charge is 0.198 e. The molecule has 2 heteroatoms. The van der Waals surface area contributed by atoms with Crippen LogP contribution in [0.4, 0.5) is 0 Å². The molecule has 2 unspecified atom stereocenters. The van der Waals surface area contributed by atoms with E-state index in [1.165, 1.54) is 5.56 Å². The van der Waals surface area contributed by atoms with Gasteiger partial charge in [0.2, 0.25) is 0 Å². The number of fused-ring (bicyclic) bond motifs is 1. The van der Waals surface area contributed by atoms with Gasteiger partial charge >= 0.3 is 0 Å². The summed E-state index contributed by atoms with van der Waals surface area (Å²) in [6, 6.07) is 10.4. The fourth-order valence-electron chi connectivity index (χ4n) is 3.17. The van der Waals surface area contributed by atoms with Crippen LogP contribution in [0.2, 0.25) is 0 Å². The number of ether oxygens (including phenoxy) is 2. The van der Waals surface area contributed by atoms with E-state index in [9.17, 15) is 0 Å². The maximum absolute atomic E-state index is 5.86. The summed E-state index contributed by atoms with van der Waals surface area (Å²) >= 11 is 0. The predicted octanol–water partition coefficient (Wildman–Crippen LogP) is 1.76. The standard InChI is InChI=1S/C12H12O2/c1-2-4-8(5-3-1)12-11-9(6-13-12)10(11)7-14-12/h1-5,9-11H,6-7H2/t9-,10+,11?,12?. The highest BCUT2D eigenvalue weighted by molar-refractivity contribution is 5.29. The van der Waals surface area contributed by atoms with Gasteiger partial charge in [-0.3, -0.25) is 0 Å². The van der Waals surface area contributed by atoms with Gasteiger partial charge in [0.15, 0.2) is 5.79 Å². The number of benzene rings is 1. The Morgan fingerprint density at radius 1 is 1.00 bits per heavy atom. The van der Waals surface area contributed by atoms with Gasteiger partial charge in [-0.2, -0.15) is 0 Å². The minimum atomic E-state index is -0.364. The van der Waals surface area contributed by atoms with Gasteiger partial charge in [-0.1, -0.05) is 30.3 Å². The SMILES string of the molecule is c1ccc(C23OC[C@@H]4C2[C@@H]4CO3)cc1. The molecule has 1 saturated carbocycles. The molecule has 0 bridgehead atoms. The molecule has 1 aliphatic carbocycles. The van der Waals surface area contributed by atoms with Crippen LogP contribution in [0, 0.1) is 17.8 Å². The average Bonchev–Trinajstić information content (AvgIpc) is 2.70. The van der Waals surface area contributed by atoms with Crippen molar-refractivity contribution in [3.05, 3.63) is 35.9 Å². The molecule has 0 amide bonds. The lowest BCUT2D eigenvalue weighted by atomic mass is 10.0. The lowest BCUT2D eigenvalue weighted by Crippen LogP contribution is -2.28. The van der Waals surface area contributed by atoms with Gasteiger partial charge in [0.25, 0.3) is 0 Å². The molecule has 72 valence electrons. The lowest BCUT2D eigenvalue weighted by molar-refractivity contribution is -0.204. The Labute approximate surface area is 82.8 Å². The second kappa shape index (κ2) is 2.20. The van der Waals surface area contributed by atoms with Crippen LogP contribution in [-0.4, -0.2) is 13.2 Å². The third-order valence-corrected chi connectivity index (χ3v) is 3.93. The van der Waals surface area contributed by atoms with E-state index in [1.54, 1.807) is 0 Å². The third-order valence-electron chi connectivity index (χ3n) is 3.93. The molecule has 1 aromatic rings. The summed E-state index contributed by atoms with van der Waals surface area (Å²) in [5, 5.41) is 0. The van der Waals surface area contributed by atoms with Gasteiger partial charge in [0.05, 0.1) is 13.2 Å². The zero-order valence-corrected chi connectivity index (χ0v) is 7.85. The third kappa shape index (κ3) is 0.677. The van der Waals surface area contributed by atoms with E-state index < -0.39 is 0 Å². The number of hydrogen-bond donors (Lipinski definition) is 0. The van der Waals surface area contributed by atoms with E-state index in [2.05, 4.69) is 24.3 Å². The van der Waals surface area contributed by atoms with E-state index in [0.717, 1.165) is 25.0 Å². The molecule has 14 heavy (non-hydrogen) atoms. The van der Waals surface area contributed by atoms with Crippen molar-refractivity contribution in [3.8, 4) is 0 Å². The Morgan fingerprint density at radius 2 is 1.64 bits per heavy atom. The summed E-state index contributed by atoms with van der Waals surface area (Å²) in [5.74, 6) is 1.84. The van der Waals surface area contributed by atoms with Gasteiger partial charge in [-0.05, 0) is 11.8 Å². The molecule has 3 fully saturated rings. The molecule has 0 aromatic heterocycles. The minimum Gasteiger partial charge on any atom is -0.345 e. The van der Waals surface area contributed by atoms with Crippen molar-refractivity contribution in [1.29, 1.82) is 0 Å². The van der Waals surface area contributed by atoms with E-state index >= 15 is 0 Å². The largest absolute Gasteiger partial charge is 0.345 e. The van der Waals surface area contributed by atoms with Crippen LogP contribution in [0.3, 0.4) is 0 Å². The normalized spacial score (nSPS) is 47.9. The molecule has 4 rings (SSSR count). The molecule has 3 aliphatic rings. The average molecular weight is 188 g/mol. The quantitative estimate of drug-likeness (QED) is 0.668. The van der Waals surface area contributed by atoms with Crippen LogP contribution < -0.4 is 0 Å². The first-order chi connectivity index (χ1) is 6.92. The topological polar surface area (TPSA) is 18.5 Å². The first-order valence-corrected chi connectivity index (χ1v) is 5.25. The van der Waals surface area contributed by atoms with Crippen LogP contribution in [-0.2, 0) is 15.3 Å². The molecular weight excluding hydrogens is 176 g/mol. The van der Waals surface area contributed by atoms with Crippen molar-refractivity contribution in [2.45, 2.75) is 5.79 Å². The Hall–Kier alpha value is -0.860. The zero-order valence-electron chi connectivity index (χ0n) is 7.85. The Balaban J connectivity index is 1.84. The van der Waals surface area contributed by atoms with E-state index in [1.807, 2.05) is 6.07 Å². The second-order valence-corrected chi connectivity index (χ2v) is 4.51.